The predicted molar refractivity (Wildman–Crippen MR) is 115 cm³/mol. The van der Waals surface area contributed by atoms with Crippen LogP contribution < -0.4 is 4.90 Å². The molecule has 0 aliphatic carbocycles. The third-order valence-electron chi connectivity index (χ3n) is 4.94. The molecule has 160 valence electrons. The summed E-state index contributed by atoms with van der Waals surface area (Å²) in [6.45, 7) is 4.09. The van der Waals surface area contributed by atoms with Crippen molar-refractivity contribution in [1.29, 1.82) is 0 Å². The SMILES string of the molecule is CC(OC(=O)c1cccc(CS(C)(=O)=O)c1)C(=O)N1CCN(c2ccccc2)CC1. The van der Waals surface area contributed by atoms with Gasteiger partial charge in [-0.25, -0.2) is 13.2 Å². The molecule has 0 aromatic heterocycles. The van der Waals surface area contributed by atoms with Gasteiger partial charge in [-0.1, -0.05) is 30.3 Å². The number of amides is 1. The molecule has 1 heterocycles. The smallest absolute Gasteiger partial charge is 0.338 e. The molecule has 1 atom stereocenters. The molecule has 1 unspecified atom stereocenters. The fourth-order valence-corrected chi connectivity index (χ4v) is 4.24. The molecule has 1 amide bonds. The van der Waals surface area contributed by atoms with Crippen molar-refractivity contribution in [2.24, 2.45) is 0 Å². The van der Waals surface area contributed by atoms with Crippen molar-refractivity contribution in [2.45, 2.75) is 18.8 Å². The molecule has 0 bridgehead atoms. The molecule has 7 nitrogen and oxygen atoms in total. The van der Waals surface area contributed by atoms with Gasteiger partial charge in [0.05, 0.1) is 11.3 Å². The van der Waals surface area contributed by atoms with E-state index >= 15 is 0 Å². The summed E-state index contributed by atoms with van der Waals surface area (Å²) in [6.07, 6.45) is 0.218. The highest BCUT2D eigenvalue weighted by atomic mass is 32.2. The zero-order valence-corrected chi connectivity index (χ0v) is 18.0. The second-order valence-corrected chi connectivity index (χ2v) is 9.61. The second-order valence-electron chi connectivity index (χ2n) is 7.47. The number of hydrogen-bond acceptors (Lipinski definition) is 6. The Hall–Kier alpha value is -2.87. The molecule has 1 fully saturated rings. The van der Waals surface area contributed by atoms with Gasteiger partial charge >= 0.3 is 5.97 Å². The lowest BCUT2D eigenvalue weighted by atomic mass is 10.1. The molecule has 1 aliphatic rings. The van der Waals surface area contributed by atoms with E-state index in [2.05, 4.69) is 4.90 Å². The van der Waals surface area contributed by atoms with Crippen LogP contribution in [0.1, 0.15) is 22.8 Å². The van der Waals surface area contributed by atoms with Gasteiger partial charge in [0.1, 0.15) is 0 Å². The molecule has 3 rings (SSSR count). The fourth-order valence-electron chi connectivity index (χ4n) is 3.45. The zero-order valence-electron chi connectivity index (χ0n) is 17.2. The van der Waals surface area contributed by atoms with Crippen LogP contribution in [-0.4, -0.2) is 63.7 Å². The highest BCUT2D eigenvalue weighted by Gasteiger charge is 2.27. The standard InChI is InChI=1S/C22H26N2O5S/c1-17(29-22(26)19-8-6-7-18(15-19)16-30(2,27)28)21(25)24-13-11-23(12-14-24)20-9-4-3-5-10-20/h3-10,15,17H,11-14,16H2,1-2H3. The van der Waals surface area contributed by atoms with Crippen LogP contribution in [0.5, 0.6) is 0 Å². The van der Waals surface area contributed by atoms with Crippen molar-refractivity contribution in [1.82, 2.24) is 4.90 Å². The first-order valence-corrected chi connectivity index (χ1v) is 11.9. The minimum Gasteiger partial charge on any atom is -0.449 e. The Morgan fingerprint density at radius 3 is 2.30 bits per heavy atom. The zero-order chi connectivity index (χ0) is 21.7. The Morgan fingerprint density at radius 2 is 1.67 bits per heavy atom. The van der Waals surface area contributed by atoms with E-state index in [1.165, 1.54) is 6.07 Å². The van der Waals surface area contributed by atoms with E-state index in [-0.39, 0.29) is 17.2 Å². The maximum atomic E-state index is 12.7. The average Bonchev–Trinajstić information content (AvgIpc) is 2.73. The summed E-state index contributed by atoms with van der Waals surface area (Å²) in [5.41, 5.74) is 1.85. The van der Waals surface area contributed by atoms with Crippen molar-refractivity contribution in [3.8, 4) is 0 Å². The molecule has 0 spiro atoms. The highest BCUT2D eigenvalue weighted by Crippen LogP contribution is 2.17. The summed E-state index contributed by atoms with van der Waals surface area (Å²) in [5.74, 6) is -1.04. The minimum atomic E-state index is -3.21. The van der Waals surface area contributed by atoms with E-state index in [9.17, 15) is 18.0 Å². The quantitative estimate of drug-likeness (QED) is 0.653. The van der Waals surface area contributed by atoms with Crippen LogP contribution in [0.2, 0.25) is 0 Å². The first kappa shape index (κ1) is 21.8. The summed E-state index contributed by atoms with van der Waals surface area (Å²) in [5, 5.41) is 0. The average molecular weight is 431 g/mol. The van der Waals surface area contributed by atoms with Gasteiger partial charge in [0.25, 0.3) is 5.91 Å². The lowest BCUT2D eigenvalue weighted by molar-refractivity contribution is -0.140. The molecule has 30 heavy (non-hydrogen) atoms. The van der Waals surface area contributed by atoms with Crippen LogP contribution in [0.15, 0.2) is 54.6 Å². The van der Waals surface area contributed by atoms with Crippen LogP contribution in [0.25, 0.3) is 0 Å². The van der Waals surface area contributed by atoms with Crippen LogP contribution in [-0.2, 0) is 25.1 Å². The molecule has 1 aliphatic heterocycles. The van der Waals surface area contributed by atoms with E-state index in [0.717, 1.165) is 11.9 Å². The van der Waals surface area contributed by atoms with Gasteiger partial charge in [-0.15, -0.1) is 0 Å². The minimum absolute atomic E-state index is 0.158. The number of sulfone groups is 1. The third kappa shape index (κ3) is 5.82. The third-order valence-corrected chi connectivity index (χ3v) is 5.79. The van der Waals surface area contributed by atoms with Gasteiger partial charge < -0.3 is 14.5 Å². The molecule has 0 saturated carbocycles. The van der Waals surface area contributed by atoms with E-state index in [1.54, 1.807) is 30.0 Å². The number of piperazine rings is 1. The monoisotopic (exact) mass is 430 g/mol. The summed E-state index contributed by atoms with van der Waals surface area (Å²) >= 11 is 0. The van der Waals surface area contributed by atoms with Crippen LogP contribution >= 0.6 is 0 Å². The Bertz CT molecular complexity index is 999. The highest BCUT2D eigenvalue weighted by molar-refractivity contribution is 7.89. The van der Waals surface area contributed by atoms with E-state index in [0.29, 0.717) is 31.7 Å². The number of benzene rings is 2. The Labute approximate surface area is 177 Å². The number of para-hydroxylation sites is 1. The molecular weight excluding hydrogens is 404 g/mol. The lowest BCUT2D eigenvalue weighted by Crippen LogP contribution is -2.51. The van der Waals surface area contributed by atoms with Crippen molar-refractivity contribution in [3.63, 3.8) is 0 Å². The van der Waals surface area contributed by atoms with Gasteiger partial charge in [-0.3, -0.25) is 4.79 Å². The lowest BCUT2D eigenvalue weighted by Gasteiger charge is -2.37. The predicted octanol–water partition coefficient (Wildman–Crippen LogP) is 2.13. The first-order valence-electron chi connectivity index (χ1n) is 9.79. The number of ether oxygens (including phenoxy) is 1. The molecule has 8 heteroatoms. The van der Waals surface area contributed by atoms with Gasteiger partial charge in [0, 0.05) is 38.1 Å². The maximum absolute atomic E-state index is 12.7. The molecule has 0 N–H and O–H groups in total. The van der Waals surface area contributed by atoms with Gasteiger partial charge in [0.15, 0.2) is 15.9 Å². The topological polar surface area (TPSA) is 84.0 Å². The van der Waals surface area contributed by atoms with Crippen molar-refractivity contribution < 1.29 is 22.7 Å². The number of carbonyl (C=O) groups excluding carboxylic acids is 2. The van der Waals surface area contributed by atoms with E-state index < -0.39 is 21.9 Å². The number of anilines is 1. The molecule has 0 radical (unpaired) electrons. The molecule has 2 aromatic rings. The van der Waals surface area contributed by atoms with Crippen LogP contribution in [0.3, 0.4) is 0 Å². The van der Waals surface area contributed by atoms with Gasteiger partial charge in [-0.2, -0.15) is 0 Å². The molecular formula is C22H26N2O5S. The fraction of sp³-hybridized carbons (Fsp3) is 0.364. The van der Waals surface area contributed by atoms with Crippen molar-refractivity contribution in [2.75, 3.05) is 37.3 Å². The van der Waals surface area contributed by atoms with Gasteiger partial charge in [-0.05, 0) is 36.8 Å². The summed E-state index contributed by atoms with van der Waals surface area (Å²) in [6, 6.07) is 16.3. The Kier molecular flexibility index (Phi) is 6.77. The molecule has 1 saturated heterocycles. The van der Waals surface area contributed by atoms with Crippen molar-refractivity contribution >= 4 is 27.4 Å². The summed E-state index contributed by atoms with van der Waals surface area (Å²) in [4.78, 5) is 29.1. The largest absolute Gasteiger partial charge is 0.449 e. The first-order chi connectivity index (χ1) is 14.2. The Morgan fingerprint density at radius 1 is 1.00 bits per heavy atom. The van der Waals surface area contributed by atoms with Crippen LogP contribution in [0, 0.1) is 0 Å². The number of carbonyl (C=O) groups is 2. The van der Waals surface area contributed by atoms with Gasteiger partial charge in [0.2, 0.25) is 0 Å². The number of rotatable bonds is 6. The normalized spacial score (nSPS) is 15.5. The van der Waals surface area contributed by atoms with E-state index in [1.807, 2.05) is 30.3 Å². The molecule has 2 aromatic carbocycles. The summed E-state index contributed by atoms with van der Waals surface area (Å²) in [7, 11) is -3.21. The van der Waals surface area contributed by atoms with Crippen LogP contribution in [0.4, 0.5) is 5.69 Å². The van der Waals surface area contributed by atoms with E-state index in [4.69, 9.17) is 4.74 Å². The van der Waals surface area contributed by atoms with Crippen molar-refractivity contribution in [3.05, 3.63) is 65.7 Å². The number of nitrogens with zero attached hydrogens (tertiary/aromatic N) is 2. The Balaban J connectivity index is 1.56. The second kappa shape index (κ2) is 9.30. The number of esters is 1. The maximum Gasteiger partial charge on any atom is 0.338 e. The summed E-state index contributed by atoms with van der Waals surface area (Å²) < 4.78 is 28.3. The number of hydrogen-bond donors (Lipinski definition) is 0.